The van der Waals surface area contributed by atoms with Crippen molar-refractivity contribution in [3.8, 4) is 0 Å². The fourth-order valence-corrected chi connectivity index (χ4v) is 5.56. The zero-order valence-corrected chi connectivity index (χ0v) is 21.0. The highest BCUT2D eigenvalue weighted by atomic mass is 79.9. The number of fused-ring (bicyclic) bond motifs is 2. The van der Waals surface area contributed by atoms with E-state index in [9.17, 15) is 19.5 Å². The molecular formula is C26H26BrN3O5. The van der Waals surface area contributed by atoms with Crippen LogP contribution in [0.25, 0.3) is 5.76 Å². The number of likely N-dealkylation sites (N-methyl/N-ethyl adjacent to an activating group) is 1. The Morgan fingerprint density at radius 3 is 2.43 bits per heavy atom. The third-order valence-corrected chi connectivity index (χ3v) is 7.55. The van der Waals surface area contributed by atoms with Crippen LogP contribution in [0, 0.1) is 0 Å². The molecule has 0 aromatic heterocycles. The molecule has 2 aromatic carbocycles. The zero-order chi connectivity index (χ0) is 24.7. The van der Waals surface area contributed by atoms with E-state index in [1.165, 1.54) is 9.80 Å². The molecule has 2 aromatic rings. The van der Waals surface area contributed by atoms with E-state index in [1.54, 1.807) is 55.6 Å². The summed E-state index contributed by atoms with van der Waals surface area (Å²) in [5.74, 6) is -2.41. The average Bonchev–Trinajstić information content (AvgIpc) is 3.23. The first-order valence-electron chi connectivity index (χ1n) is 11.6. The number of nitrogens with zero attached hydrogens (tertiary/aromatic N) is 3. The number of ether oxygens (including phenoxy) is 1. The molecule has 0 bridgehead atoms. The number of aliphatic hydroxyl groups is 1. The first-order chi connectivity index (χ1) is 16.9. The van der Waals surface area contributed by atoms with Crippen LogP contribution in [0.2, 0.25) is 0 Å². The van der Waals surface area contributed by atoms with E-state index in [-0.39, 0.29) is 17.9 Å². The fraction of sp³-hybridized carbons (Fsp3) is 0.346. The van der Waals surface area contributed by atoms with Gasteiger partial charge in [0.25, 0.3) is 17.6 Å². The van der Waals surface area contributed by atoms with Crippen LogP contribution in [0.5, 0.6) is 0 Å². The first-order valence-corrected chi connectivity index (χ1v) is 12.4. The molecule has 1 spiro atoms. The predicted octanol–water partition coefficient (Wildman–Crippen LogP) is 2.72. The van der Waals surface area contributed by atoms with E-state index in [4.69, 9.17) is 4.74 Å². The number of anilines is 1. The fourth-order valence-electron chi connectivity index (χ4n) is 5.30. The second-order valence-electron chi connectivity index (χ2n) is 8.92. The molecule has 1 atom stereocenters. The summed E-state index contributed by atoms with van der Waals surface area (Å²) in [4.78, 5) is 45.9. The molecule has 9 heteroatoms. The molecule has 3 aliphatic rings. The molecule has 3 heterocycles. The van der Waals surface area contributed by atoms with Gasteiger partial charge in [0.2, 0.25) is 0 Å². The normalized spacial score (nSPS) is 24.0. The van der Waals surface area contributed by atoms with Gasteiger partial charge < -0.3 is 19.6 Å². The Balaban J connectivity index is 1.63. The number of carbonyl (C=O) groups excluding carboxylic acids is 3. The van der Waals surface area contributed by atoms with Crippen molar-refractivity contribution in [2.75, 3.05) is 51.3 Å². The SMILES string of the molecule is CN1C(=O)[C@@]2(C(=C(O)c3ccc(Br)cc3)C(=O)C(=O)N2CCCN2CCOCC2)c2ccccc21. The van der Waals surface area contributed by atoms with Crippen molar-refractivity contribution in [1.82, 2.24) is 9.80 Å². The third kappa shape index (κ3) is 3.69. The molecule has 2 fully saturated rings. The van der Waals surface area contributed by atoms with Gasteiger partial charge in [0.1, 0.15) is 5.76 Å². The van der Waals surface area contributed by atoms with Gasteiger partial charge in [-0.15, -0.1) is 0 Å². The van der Waals surface area contributed by atoms with Crippen molar-refractivity contribution in [2.45, 2.75) is 12.0 Å². The van der Waals surface area contributed by atoms with E-state index in [2.05, 4.69) is 20.8 Å². The Hall–Kier alpha value is -3.01. The summed E-state index contributed by atoms with van der Waals surface area (Å²) in [6.45, 7) is 3.84. The summed E-state index contributed by atoms with van der Waals surface area (Å²) in [6, 6.07) is 13.9. The van der Waals surface area contributed by atoms with Crippen molar-refractivity contribution < 1.29 is 24.2 Å². The second kappa shape index (κ2) is 9.22. The quantitative estimate of drug-likeness (QED) is 0.357. The Morgan fingerprint density at radius 2 is 1.71 bits per heavy atom. The van der Waals surface area contributed by atoms with Gasteiger partial charge in [-0.3, -0.25) is 19.3 Å². The summed E-state index contributed by atoms with van der Waals surface area (Å²) in [7, 11) is 1.63. The molecule has 182 valence electrons. The van der Waals surface area contributed by atoms with Crippen LogP contribution in [0.3, 0.4) is 0 Å². The topological polar surface area (TPSA) is 90.4 Å². The van der Waals surface area contributed by atoms with Gasteiger partial charge in [0, 0.05) is 54.5 Å². The van der Waals surface area contributed by atoms with Crippen LogP contribution in [-0.4, -0.2) is 78.9 Å². The number of likely N-dealkylation sites (tertiary alicyclic amines) is 1. The molecule has 2 saturated heterocycles. The maximum absolute atomic E-state index is 14.0. The van der Waals surface area contributed by atoms with Crippen LogP contribution in [0.1, 0.15) is 17.5 Å². The average molecular weight is 540 g/mol. The number of Topliss-reactive ketones (excluding diaryl/α,β-unsaturated/α-hetero) is 1. The number of para-hydroxylation sites is 1. The summed E-state index contributed by atoms with van der Waals surface area (Å²) in [5.41, 5.74) is -0.394. The highest BCUT2D eigenvalue weighted by molar-refractivity contribution is 9.10. The number of benzene rings is 2. The first kappa shape index (κ1) is 23.7. The van der Waals surface area contributed by atoms with E-state index in [1.807, 2.05) is 0 Å². The Bertz CT molecular complexity index is 1220. The monoisotopic (exact) mass is 539 g/mol. The van der Waals surface area contributed by atoms with E-state index < -0.39 is 23.1 Å². The number of rotatable bonds is 5. The Kier molecular flexibility index (Phi) is 6.25. The number of ketones is 1. The maximum Gasteiger partial charge on any atom is 0.296 e. The lowest BCUT2D eigenvalue weighted by atomic mass is 9.82. The summed E-state index contributed by atoms with van der Waals surface area (Å²) in [6.07, 6.45) is 0.576. The summed E-state index contributed by atoms with van der Waals surface area (Å²) in [5, 5.41) is 11.4. The van der Waals surface area contributed by atoms with Gasteiger partial charge in [0.15, 0.2) is 5.54 Å². The minimum Gasteiger partial charge on any atom is -0.507 e. The van der Waals surface area contributed by atoms with E-state index >= 15 is 0 Å². The lowest BCUT2D eigenvalue weighted by Crippen LogP contribution is -2.52. The van der Waals surface area contributed by atoms with E-state index in [0.29, 0.717) is 43.0 Å². The van der Waals surface area contributed by atoms with Crippen molar-refractivity contribution in [3.05, 3.63) is 69.7 Å². The van der Waals surface area contributed by atoms with Gasteiger partial charge in [-0.2, -0.15) is 0 Å². The lowest BCUT2D eigenvalue weighted by molar-refractivity contribution is -0.143. The number of hydrogen-bond donors (Lipinski definition) is 1. The molecule has 2 amide bonds. The van der Waals surface area contributed by atoms with Crippen LogP contribution in [0.15, 0.2) is 58.6 Å². The molecule has 3 aliphatic heterocycles. The maximum atomic E-state index is 14.0. The van der Waals surface area contributed by atoms with Gasteiger partial charge >= 0.3 is 0 Å². The van der Waals surface area contributed by atoms with Gasteiger partial charge in [-0.1, -0.05) is 46.3 Å². The molecule has 0 saturated carbocycles. The van der Waals surface area contributed by atoms with Crippen molar-refractivity contribution in [1.29, 1.82) is 0 Å². The highest BCUT2D eigenvalue weighted by Crippen LogP contribution is 2.53. The largest absolute Gasteiger partial charge is 0.507 e. The molecular weight excluding hydrogens is 514 g/mol. The molecule has 0 unspecified atom stereocenters. The van der Waals surface area contributed by atoms with Crippen molar-refractivity contribution in [2.24, 2.45) is 0 Å². The molecule has 0 radical (unpaired) electrons. The van der Waals surface area contributed by atoms with Crippen molar-refractivity contribution >= 4 is 45.0 Å². The third-order valence-electron chi connectivity index (χ3n) is 7.02. The van der Waals surface area contributed by atoms with Gasteiger partial charge in [0.05, 0.1) is 18.8 Å². The number of morpholine rings is 1. The van der Waals surface area contributed by atoms with Crippen LogP contribution < -0.4 is 4.90 Å². The molecule has 8 nitrogen and oxygen atoms in total. The standard InChI is InChI=1S/C26H26BrN3O5/c1-28-20-6-3-2-5-19(20)26(25(28)34)21(22(31)17-7-9-18(27)10-8-17)23(32)24(33)30(26)12-4-11-29-13-15-35-16-14-29/h2-3,5-10,31H,4,11-16H2,1H3/t26-/m0/s1. The minimum atomic E-state index is -1.71. The highest BCUT2D eigenvalue weighted by Gasteiger charge is 2.66. The smallest absolute Gasteiger partial charge is 0.296 e. The van der Waals surface area contributed by atoms with Crippen LogP contribution in [0.4, 0.5) is 5.69 Å². The van der Waals surface area contributed by atoms with Crippen molar-refractivity contribution in [3.63, 3.8) is 0 Å². The zero-order valence-electron chi connectivity index (χ0n) is 19.4. The molecule has 1 N–H and O–H groups in total. The number of amides is 2. The van der Waals surface area contributed by atoms with Crippen LogP contribution in [-0.2, 0) is 24.7 Å². The van der Waals surface area contributed by atoms with Gasteiger partial charge in [-0.25, -0.2) is 0 Å². The number of carbonyl (C=O) groups is 3. The molecule has 0 aliphatic carbocycles. The Morgan fingerprint density at radius 1 is 1.03 bits per heavy atom. The lowest BCUT2D eigenvalue weighted by Gasteiger charge is -2.35. The molecule has 5 rings (SSSR count). The number of aliphatic hydroxyl groups excluding tert-OH is 1. The Labute approximate surface area is 211 Å². The summed E-state index contributed by atoms with van der Waals surface area (Å²) < 4.78 is 6.20. The van der Waals surface area contributed by atoms with Crippen LogP contribution >= 0.6 is 15.9 Å². The predicted molar refractivity (Wildman–Crippen MR) is 134 cm³/mol. The number of hydrogen-bond acceptors (Lipinski definition) is 6. The minimum absolute atomic E-state index is 0.182. The summed E-state index contributed by atoms with van der Waals surface area (Å²) >= 11 is 3.37. The molecule has 35 heavy (non-hydrogen) atoms. The second-order valence-corrected chi connectivity index (χ2v) is 9.83. The number of halogens is 1. The van der Waals surface area contributed by atoms with Gasteiger partial charge in [-0.05, 0) is 24.6 Å². The van der Waals surface area contributed by atoms with E-state index in [0.717, 1.165) is 17.6 Å².